The van der Waals surface area contributed by atoms with Crippen LogP contribution in [0.1, 0.15) is 40.5 Å². The lowest BCUT2D eigenvalue weighted by molar-refractivity contribution is 0.0922. The summed E-state index contributed by atoms with van der Waals surface area (Å²) in [6.45, 7) is 1.21. The Bertz CT molecular complexity index is 1020. The topological polar surface area (TPSA) is 43.3 Å². The molecule has 0 fully saturated rings. The maximum atomic E-state index is 13.1. The van der Waals surface area contributed by atoms with Gasteiger partial charge in [-0.15, -0.1) is 0 Å². The third-order valence-corrected chi connectivity index (χ3v) is 5.78. The Morgan fingerprint density at radius 1 is 1.23 bits per heavy atom. The highest BCUT2D eigenvalue weighted by molar-refractivity contribution is 6.36. The molecule has 2 aromatic carbocycles. The molecule has 0 saturated carbocycles. The van der Waals surface area contributed by atoms with Crippen molar-refractivity contribution < 1.29 is 9.53 Å². The molecule has 2 heterocycles. The van der Waals surface area contributed by atoms with Crippen LogP contribution in [0.5, 0.6) is 5.75 Å². The number of carbonyl (C=O) groups is 1. The van der Waals surface area contributed by atoms with Gasteiger partial charge in [0, 0.05) is 5.39 Å². The molecule has 2 aliphatic rings. The van der Waals surface area contributed by atoms with E-state index in [9.17, 15) is 4.79 Å². The number of halogens is 1. The van der Waals surface area contributed by atoms with Crippen LogP contribution in [0.15, 0.2) is 42.5 Å². The number of aryl methyl sites for hydroxylation is 1. The zero-order valence-electron chi connectivity index (χ0n) is 14.3. The van der Waals surface area contributed by atoms with Crippen LogP contribution >= 0.6 is 11.6 Å². The van der Waals surface area contributed by atoms with Crippen molar-refractivity contribution >= 4 is 28.4 Å². The lowest BCUT2D eigenvalue weighted by Crippen LogP contribution is -2.33. The van der Waals surface area contributed by atoms with Gasteiger partial charge in [0.15, 0.2) is 0 Å². The maximum Gasteiger partial charge on any atom is 0.268 e. The summed E-state index contributed by atoms with van der Waals surface area (Å²) in [6, 6.07) is 14.0. The lowest BCUT2D eigenvalue weighted by Gasteiger charge is -2.27. The summed E-state index contributed by atoms with van der Waals surface area (Å²) in [4.78, 5) is 13.1. The van der Waals surface area contributed by atoms with Gasteiger partial charge in [0.2, 0.25) is 0 Å². The number of nitrogens with one attached hydrogen (secondary N) is 1. The molecule has 26 heavy (non-hydrogen) atoms. The second-order valence-electron chi connectivity index (χ2n) is 6.95. The summed E-state index contributed by atoms with van der Waals surface area (Å²) < 4.78 is 7.76. The minimum absolute atomic E-state index is 0.0492. The van der Waals surface area contributed by atoms with Crippen molar-refractivity contribution in [2.75, 3.05) is 6.61 Å². The van der Waals surface area contributed by atoms with Gasteiger partial charge in [-0.3, -0.25) is 4.79 Å². The Hall–Kier alpha value is -2.46. The Labute approximate surface area is 156 Å². The Kier molecular flexibility index (Phi) is 3.68. The summed E-state index contributed by atoms with van der Waals surface area (Å²) in [6.07, 6.45) is 3.14. The molecule has 132 valence electrons. The van der Waals surface area contributed by atoms with E-state index in [4.69, 9.17) is 16.3 Å². The van der Waals surface area contributed by atoms with E-state index in [1.54, 1.807) is 0 Å². The zero-order valence-corrected chi connectivity index (χ0v) is 15.1. The molecule has 3 aromatic rings. The third-order valence-electron chi connectivity index (χ3n) is 5.45. The highest BCUT2D eigenvalue weighted by Crippen LogP contribution is 2.37. The first-order valence-corrected chi connectivity index (χ1v) is 9.43. The fraction of sp³-hybridized carbons (Fsp3) is 0.286. The molecule has 5 rings (SSSR count). The quantitative estimate of drug-likeness (QED) is 0.726. The van der Waals surface area contributed by atoms with Gasteiger partial charge in [-0.1, -0.05) is 35.9 Å². The minimum atomic E-state index is -0.0492. The monoisotopic (exact) mass is 366 g/mol. The molecule has 0 spiro atoms. The second-order valence-corrected chi connectivity index (χ2v) is 7.36. The Balaban J connectivity index is 1.53. The van der Waals surface area contributed by atoms with Gasteiger partial charge in [0.05, 0.1) is 23.1 Å². The van der Waals surface area contributed by atoms with Crippen LogP contribution in [0.25, 0.3) is 10.9 Å². The first-order valence-electron chi connectivity index (χ1n) is 9.05. The van der Waals surface area contributed by atoms with E-state index < -0.39 is 0 Å². The van der Waals surface area contributed by atoms with Crippen LogP contribution in [-0.4, -0.2) is 17.1 Å². The largest absolute Gasteiger partial charge is 0.490 e. The molecule has 1 aliphatic heterocycles. The number of aromatic nitrogens is 1. The molecule has 1 aliphatic carbocycles. The van der Waals surface area contributed by atoms with Crippen molar-refractivity contribution in [3.8, 4) is 5.75 Å². The molecule has 1 amide bonds. The van der Waals surface area contributed by atoms with Crippen molar-refractivity contribution in [3.63, 3.8) is 0 Å². The number of carbonyl (C=O) groups excluding carboxylic acids is 1. The van der Waals surface area contributed by atoms with E-state index in [1.165, 1.54) is 11.1 Å². The van der Waals surface area contributed by atoms with Crippen LogP contribution < -0.4 is 10.1 Å². The van der Waals surface area contributed by atoms with E-state index in [0.717, 1.165) is 35.9 Å². The van der Waals surface area contributed by atoms with E-state index in [-0.39, 0.29) is 11.9 Å². The summed E-state index contributed by atoms with van der Waals surface area (Å²) >= 11 is 6.36. The molecule has 1 aromatic heterocycles. The molecule has 5 heteroatoms. The smallest absolute Gasteiger partial charge is 0.268 e. The molecular weight excluding hydrogens is 348 g/mol. The molecular formula is C21H19ClN2O2. The van der Waals surface area contributed by atoms with Gasteiger partial charge in [-0.25, -0.2) is 0 Å². The van der Waals surface area contributed by atoms with Gasteiger partial charge >= 0.3 is 0 Å². The van der Waals surface area contributed by atoms with E-state index in [1.807, 2.05) is 28.8 Å². The highest BCUT2D eigenvalue weighted by atomic mass is 35.5. The fourth-order valence-electron chi connectivity index (χ4n) is 4.23. The standard InChI is InChI=1S/C21H19ClN2O2/c22-16-8-9-19-20-15(16)12-18(24(20)10-11-26-19)21(25)23-17-7-3-5-13-4-1-2-6-14(13)17/h1-2,4,6,8-9,12,17H,3,5,7,10-11H2,(H,23,25)/t17-/m1/s1. The zero-order chi connectivity index (χ0) is 17.7. The summed E-state index contributed by atoms with van der Waals surface area (Å²) in [7, 11) is 0. The SMILES string of the molecule is O=C(N[C@@H]1CCCc2ccccc21)c1cc2c(Cl)ccc3c2n1CCO3. The lowest BCUT2D eigenvalue weighted by atomic mass is 9.87. The molecule has 4 nitrogen and oxygen atoms in total. The van der Waals surface area contributed by atoms with E-state index >= 15 is 0 Å². The number of amides is 1. The van der Waals surface area contributed by atoms with Gasteiger partial charge in [-0.2, -0.15) is 0 Å². The summed E-state index contributed by atoms with van der Waals surface area (Å²) in [5, 5.41) is 4.76. The first kappa shape index (κ1) is 15.8. The summed E-state index contributed by atoms with van der Waals surface area (Å²) in [5.41, 5.74) is 4.15. The average molecular weight is 367 g/mol. The molecule has 1 atom stereocenters. The van der Waals surface area contributed by atoms with Crippen molar-refractivity contribution in [1.29, 1.82) is 0 Å². The van der Waals surface area contributed by atoms with E-state index in [0.29, 0.717) is 23.9 Å². The van der Waals surface area contributed by atoms with Crippen LogP contribution in [0.4, 0.5) is 0 Å². The van der Waals surface area contributed by atoms with Crippen molar-refractivity contribution in [3.05, 3.63) is 64.3 Å². The number of rotatable bonds is 2. The Morgan fingerprint density at radius 3 is 3.04 bits per heavy atom. The number of benzene rings is 2. The molecule has 0 bridgehead atoms. The minimum Gasteiger partial charge on any atom is -0.490 e. The molecule has 0 radical (unpaired) electrons. The summed E-state index contributed by atoms with van der Waals surface area (Å²) in [5.74, 6) is 0.740. The van der Waals surface area contributed by atoms with Gasteiger partial charge in [0.25, 0.3) is 5.91 Å². The third kappa shape index (κ3) is 2.40. The number of hydrogen-bond acceptors (Lipinski definition) is 2. The molecule has 0 unspecified atom stereocenters. The highest BCUT2D eigenvalue weighted by Gasteiger charge is 2.26. The van der Waals surface area contributed by atoms with Crippen molar-refractivity contribution in [2.45, 2.75) is 31.8 Å². The van der Waals surface area contributed by atoms with Crippen LogP contribution in [0.2, 0.25) is 5.02 Å². The molecule has 0 saturated heterocycles. The predicted molar refractivity (Wildman–Crippen MR) is 102 cm³/mol. The maximum absolute atomic E-state index is 13.1. The normalized spacial score (nSPS) is 18.3. The van der Waals surface area contributed by atoms with Gasteiger partial charge < -0.3 is 14.6 Å². The van der Waals surface area contributed by atoms with Gasteiger partial charge in [-0.05, 0) is 48.6 Å². The number of fused-ring (bicyclic) bond motifs is 1. The molecule has 1 N–H and O–H groups in total. The van der Waals surface area contributed by atoms with Crippen LogP contribution in [0.3, 0.4) is 0 Å². The average Bonchev–Trinajstić information content (AvgIpc) is 3.07. The predicted octanol–water partition coefficient (Wildman–Crippen LogP) is 4.49. The second kappa shape index (κ2) is 6.06. The fourth-order valence-corrected chi connectivity index (χ4v) is 4.44. The van der Waals surface area contributed by atoms with Crippen molar-refractivity contribution in [1.82, 2.24) is 9.88 Å². The first-order chi connectivity index (χ1) is 12.7. The number of ether oxygens (including phenoxy) is 1. The van der Waals surface area contributed by atoms with Crippen LogP contribution in [0, 0.1) is 0 Å². The number of nitrogens with zero attached hydrogens (tertiary/aromatic N) is 1. The van der Waals surface area contributed by atoms with Crippen LogP contribution in [-0.2, 0) is 13.0 Å². The van der Waals surface area contributed by atoms with Gasteiger partial charge in [0.1, 0.15) is 18.1 Å². The van der Waals surface area contributed by atoms with Crippen molar-refractivity contribution in [2.24, 2.45) is 0 Å². The Morgan fingerprint density at radius 2 is 2.12 bits per heavy atom. The number of hydrogen-bond donors (Lipinski definition) is 1. The van der Waals surface area contributed by atoms with E-state index in [2.05, 4.69) is 23.5 Å².